The first-order valence-corrected chi connectivity index (χ1v) is 25.1. The minimum Gasteiger partial charge on any atom is -0.462 e. The Morgan fingerprint density at radius 1 is 0.769 bits per heavy atom. The molecule has 9 N–H and O–H groups in total. The van der Waals surface area contributed by atoms with Gasteiger partial charge in [0.25, 0.3) is 0 Å². The number of ketones is 1. The van der Waals surface area contributed by atoms with Gasteiger partial charge in [-0.1, -0.05) is 94.6 Å². The van der Waals surface area contributed by atoms with Crippen molar-refractivity contribution >= 4 is 25.5 Å². The number of rotatable bonds is 21. The molecule has 0 spiro atoms. The molecule has 2 bridgehead atoms. The second-order valence-electron chi connectivity index (χ2n) is 17.2. The number of hydrogen-bond acceptors (Lipinski definition) is 16. The van der Waals surface area contributed by atoms with Crippen LogP contribution in [-0.2, 0) is 37.5 Å². The van der Waals surface area contributed by atoms with Gasteiger partial charge in [0.15, 0.2) is 6.10 Å². The van der Waals surface area contributed by atoms with E-state index in [2.05, 4.69) is 31.2 Å². The van der Waals surface area contributed by atoms with Crippen molar-refractivity contribution in [2.24, 2.45) is 11.8 Å². The van der Waals surface area contributed by atoms with Crippen LogP contribution in [0.3, 0.4) is 0 Å². The number of unbranched alkanes of at least 4 members (excludes halogenated alkanes) is 7. The van der Waals surface area contributed by atoms with E-state index in [-0.39, 0.29) is 32.1 Å². The largest absolute Gasteiger partial charge is 0.472 e. The topological polar surface area (TPSA) is 287 Å². The number of aliphatic hydroxyl groups is 8. The fourth-order valence-electron chi connectivity index (χ4n) is 7.65. The lowest BCUT2D eigenvalue weighted by Gasteiger charge is -2.37. The highest BCUT2D eigenvalue weighted by atomic mass is 31.2. The van der Waals surface area contributed by atoms with E-state index in [0.717, 1.165) is 38.5 Å². The van der Waals surface area contributed by atoms with E-state index in [9.17, 15) is 64.7 Å². The van der Waals surface area contributed by atoms with Gasteiger partial charge in [-0.05, 0) is 64.2 Å². The Kier molecular flexibility index (Phi) is 29.7. The molecule has 0 aromatic carbocycles. The number of fused-ring (bicyclic) bond motifs is 4. The summed E-state index contributed by atoms with van der Waals surface area (Å²) in [6, 6.07) is 0. The van der Waals surface area contributed by atoms with Crippen molar-refractivity contribution in [3.05, 3.63) is 48.6 Å². The van der Waals surface area contributed by atoms with E-state index < -0.39 is 124 Å². The number of aliphatic hydroxyl groups excluding tert-OH is 8. The Balaban J connectivity index is 2.22. The van der Waals surface area contributed by atoms with Gasteiger partial charge >= 0.3 is 19.8 Å². The number of ether oxygens (including phenoxy) is 2. The zero-order valence-corrected chi connectivity index (χ0v) is 39.2. The second-order valence-corrected chi connectivity index (χ2v) is 18.6. The van der Waals surface area contributed by atoms with Crippen LogP contribution in [0.1, 0.15) is 142 Å². The van der Waals surface area contributed by atoms with E-state index in [1.807, 2.05) is 19.1 Å². The van der Waals surface area contributed by atoms with Crippen molar-refractivity contribution in [3.8, 4) is 0 Å². The van der Waals surface area contributed by atoms with Crippen molar-refractivity contribution in [3.63, 3.8) is 0 Å². The van der Waals surface area contributed by atoms with Crippen LogP contribution in [-0.4, -0.2) is 138 Å². The third kappa shape index (κ3) is 23.8. The normalized spacial score (nSPS) is 32.5. The molecule has 17 nitrogen and oxygen atoms in total. The number of carbonyl (C=O) groups excluding carboxylic acids is 3. The first-order chi connectivity index (χ1) is 31.0. The molecular formula is C47H79O17P. The van der Waals surface area contributed by atoms with Crippen LogP contribution in [0, 0.1) is 11.8 Å². The predicted molar refractivity (Wildman–Crippen MR) is 242 cm³/mol. The molecule has 1 saturated carbocycles. The fourth-order valence-corrected chi connectivity index (χ4v) is 8.62. The lowest BCUT2D eigenvalue weighted by Crippen LogP contribution is -2.56. The summed E-state index contributed by atoms with van der Waals surface area (Å²) in [5, 5.41) is 89.8. The monoisotopic (exact) mass is 947 g/mol. The van der Waals surface area contributed by atoms with Crippen LogP contribution in [0.25, 0.3) is 0 Å². The smallest absolute Gasteiger partial charge is 0.462 e. The minimum absolute atomic E-state index is 0.0318. The highest BCUT2D eigenvalue weighted by Crippen LogP contribution is 2.47. The SMILES string of the molecule is CCCCC/C=C\C/C=C\C/C=C\CCCCC(=O)OC[C@@H]1COP(=O)(O)O[C@H]2[C@H](O)[C@@H](O)[C@H](O)[C@@H](CC(=O)CCCCC(=O)O1)[C@@H](O)C[C@@H](O)[C@H](/C=C/[C@@H](O)CCCCC)[C@@H](O)[C@H]2O. The van der Waals surface area contributed by atoms with E-state index in [0.29, 0.717) is 25.7 Å². The zero-order chi connectivity index (χ0) is 48.2. The maximum absolute atomic E-state index is 13.5. The number of cyclic esters (lactones) is 1. The first kappa shape index (κ1) is 58.5. The summed E-state index contributed by atoms with van der Waals surface area (Å²) in [7, 11) is -5.50. The Morgan fingerprint density at radius 2 is 1.37 bits per heavy atom. The number of carbonyl (C=O) groups is 3. The highest BCUT2D eigenvalue weighted by Gasteiger charge is 2.49. The van der Waals surface area contributed by atoms with Crippen LogP contribution in [0.15, 0.2) is 48.6 Å². The van der Waals surface area contributed by atoms with Gasteiger partial charge < -0.3 is 55.2 Å². The number of phosphoric acid groups is 1. The van der Waals surface area contributed by atoms with Gasteiger partial charge in [0, 0.05) is 43.9 Å². The van der Waals surface area contributed by atoms with Gasteiger partial charge in [-0.15, -0.1) is 0 Å². The van der Waals surface area contributed by atoms with Gasteiger partial charge in [-0.3, -0.25) is 23.4 Å². The van der Waals surface area contributed by atoms with Crippen LogP contribution >= 0.6 is 7.82 Å². The summed E-state index contributed by atoms with van der Waals surface area (Å²) in [5.74, 6) is -5.06. The molecule has 0 amide bonds. The van der Waals surface area contributed by atoms with Gasteiger partial charge in [-0.2, -0.15) is 0 Å². The molecule has 0 radical (unpaired) electrons. The summed E-state index contributed by atoms with van der Waals surface area (Å²) in [4.78, 5) is 49.5. The molecular weight excluding hydrogens is 867 g/mol. The van der Waals surface area contributed by atoms with Gasteiger partial charge in [0.2, 0.25) is 0 Å². The summed E-state index contributed by atoms with van der Waals surface area (Å²) in [6.45, 7) is 2.65. The number of esters is 2. The molecule has 65 heavy (non-hydrogen) atoms. The maximum Gasteiger partial charge on any atom is 0.472 e. The standard InChI is InChI=1S/C47H79O17P/c1-3-5-7-8-9-10-11-12-13-14-15-16-17-18-20-25-40(52)61-31-35-32-62-65(59,60)64-47-45(57)42(54)36(28-27-33(48)23-19-6-4-2)38(50)30-39(51)37(43(55)44(56)46(47)58)29-34(49)24-21-22-26-41(53)63-35/h9-10,12-13,15-16,27-28,33,35-39,42-48,50-51,54-58H,3-8,11,14,17-26,29-32H2,1-2H3,(H,59,60)/b10-9-,13-12-,16-15-,28-27+/t33-,35+,36-,37-,38+,39-,42+,43+,44-,45+,46+,47+/m0/s1. The van der Waals surface area contributed by atoms with E-state index >= 15 is 0 Å². The predicted octanol–water partition coefficient (Wildman–Crippen LogP) is 4.73. The van der Waals surface area contributed by atoms with Gasteiger partial charge in [0.1, 0.15) is 36.8 Å². The van der Waals surface area contributed by atoms with Gasteiger partial charge in [-0.25, -0.2) is 4.57 Å². The minimum atomic E-state index is -5.50. The zero-order valence-electron chi connectivity index (χ0n) is 38.3. The Bertz CT molecular complexity index is 1520. The van der Waals surface area contributed by atoms with E-state index in [1.165, 1.54) is 31.4 Å². The van der Waals surface area contributed by atoms with E-state index in [1.54, 1.807) is 0 Å². The number of phosphoric ester groups is 1. The molecule has 0 aromatic heterocycles. The van der Waals surface area contributed by atoms with Crippen LogP contribution in [0.5, 0.6) is 0 Å². The lowest BCUT2D eigenvalue weighted by atomic mass is 9.82. The Morgan fingerprint density at radius 3 is 2.03 bits per heavy atom. The van der Waals surface area contributed by atoms with E-state index in [4.69, 9.17) is 18.5 Å². The third-order valence-electron chi connectivity index (χ3n) is 11.6. The average Bonchev–Trinajstić information content (AvgIpc) is 3.27. The van der Waals surface area contributed by atoms with Crippen molar-refractivity contribution in [2.75, 3.05) is 13.2 Å². The van der Waals surface area contributed by atoms with Crippen molar-refractivity contribution in [2.45, 2.75) is 203 Å². The summed E-state index contributed by atoms with van der Waals surface area (Å²) in [6.07, 6.45) is 4.84. The number of allylic oxidation sites excluding steroid dienone is 6. The summed E-state index contributed by atoms with van der Waals surface area (Å²) in [5.41, 5.74) is 0. The summed E-state index contributed by atoms with van der Waals surface area (Å²) >= 11 is 0. The maximum atomic E-state index is 13.5. The molecule has 1 aliphatic carbocycles. The van der Waals surface area contributed by atoms with Crippen LogP contribution < -0.4 is 0 Å². The Labute approximate surface area is 384 Å². The van der Waals surface area contributed by atoms with Crippen molar-refractivity contribution in [1.82, 2.24) is 0 Å². The van der Waals surface area contributed by atoms with Gasteiger partial charge in [0.05, 0.1) is 37.1 Å². The molecule has 2 fully saturated rings. The molecule has 13 atom stereocenters. The fraction of sp³-hybridized carbons (Fsp3) is 0.766. The lowest BCUT2D eigenvalue weighted by molar-refractivity contribution is -0.168. The molecule has 18 heteroatoms. The third-order valence-corrected chi connectivity index (χ3v) is 12.6. The van der Waals surface area contributed by atoms with Crippen LogP contribution in [0.4, 0.5) is 0 Å². The summed E-state index contributed by atoms with van der Waals surface area (Å²) < 4.78 is 34.5. The quantitative estimate of drug-likeness (QED) is 0.0325. The molecule has 1 aliphatic heterocycles. The number of Topliss-reactive ketones (excluding diaryl/α,β-unsaturated/α-hetero) is 1. The highest BCUT2D eigenvalue weighted by molar-refractivity contribution is 7.47. The number of hydrogen-bond donors (Lipinski definition) is 9. The molecule has 2 aliphatic rings. The molecule has 1 saturated heterocycles. The molecule has 1 unspecified atom stereocenters. The van der Waals surface area contributed by atoms with Crippen molar-refractivity contribution in [1.29, 1.82) is 0 Å². The van der Waals surface area contributed by atoms with Crippen molar-refractivity contribution < 1.29 is 83.2 Å². The molecule has 374 valence electrons. The molecule has 2 rings (SSSR count). The second kappa shape index (κ2) is 33.0. The average molecular weight is 947 g/mol. The Hall–Kier alpha value is -2.64. The van der Waals surface area contributed by atoms with Crippen LogP contribution in [0.2, 0.25) is 0 Å². The first-order valence-electron chi connectivity index (χ1n) is 23.6. The molecule has 1 heterocycles. The molecule has 0 aromatic rings.